The molecule has 0 atom stereocenters. The quantitative estimate of drug-likeness (QED) is 0.286. The van der Waals surface area contributed by atoms with Gasteiger partial charge in [-0.05, 0) is 78.4 Å². The van der Waals surface area contributed by atoms with E-state index >= 15 is 0 Å². The zero-order valence-corrected chi connectivity index (χ0v) is 22.8. The summed E-state index contributed by atoms with van der Waals surface area (Å²) in [6.45, 7) is 1.73. The molecule has 1 N–H and O–H groups in total. The van der Waals surface area contributed by atoms with Gasteiger partial charge in [0.15, 0.2) is 6.61 Å². The standard InChI is InChI=1S/C26H19BrCl2N2O4S/c1-15-5-7-20(12-21(15)29)30-24(32)14-35-22-8-6-18(27)10-17(22)11-23-25(33)31(26(34)36-23)13-16-3-2-4-19(28)9-16/h2-12H,13-14H2,1H3,(H,30,32)/b23-11-. The lowest BCUT2D eigenvalue weighted by molar-refractivity contribution is -0.123. The molecule has 3 aromatic carbocycles. The lowest BCUT2D eigenvalue weighted by Crippen LogP contribution is -2.27. The maximum atomic E-state index is 13.0. The molecule has 0 aliphatic carbocycles. The third-order valence-electron chi connectivity index (χ3n) is 5.18. The van der Waals surface area contributed by atoms with Crippen molar-refractivity contribution in [3.63, 3.8) is 0 Å². The number of anilines is 1. The fourth-order valence-electron chi connectivity index (χ4n) is 3.37. The summed E-state index contributed by atoms with van der Waals surface area (Å²) in [6.07, 6.45) is 1.58. The predicted molar refractivity (Wildman–Crippen MR) is 147 cm³/mol. The van der Waals surface area contributed by atoms with Crippen molar-refractivity contribution >= 4 is 79.7 Å². The Bertz CT molecular complexity index is 1400. The molecule has 3 aromatic rings. The third kappa shape index (κ3) is 6.50. The van der Waals surface area contributed by atoms with Crippen LogP contribution in [-0.4, -0.2) is 28.6 Å². The van der Waals surface area contributed by atoms with Crippen LogP contribution >= 0.6 is 50.9 Å². The number of aryl methyl sites for hydroxylation is 1. The van der Waals surface area contributed by atoms with Crippen LogP contribution in [0.5, 0.6) is 5.75 Å². The minimum Gasteiger partial charge on any atom is -0.483 e. The number of nitrogens with zero attached hydrogens (tertiary/aromatic N) is 1. The Kier molecular flexibility index (Phi) is 8.41. The van der Waals surface area contributed by atoms with Crippen LogP contribution in [-0.2, 0) is 16.1 Å². The van der Waals surface area contributed by atoms with E-state index in [1.54, 1.807) is 60.7 Å². The van der Waals surface area contributed by atoms with Crippen molar-refractivity contribution in [1.29, 1.82) is 0 Å². The van der Waals surface area contributed by atoms with Crippen molar-refractivity contribution in [3.05, 3.63) is 96.8 Å². The van der Waals surface area contributed by atoms with Gasteiger partial charge >= 0.3 is 0 Å². The van der Waals surface area contributed by atoms with E-state index in [-0.39, 0.29) is 29.2 Å². The van der Waals surface area contributed by atoms with Crippen LogP contribution in [0.1, 0.15) is 16.7 Å². The van der Waals surface area contributed by atoms with E-state index < -0.39 is 5.91 Å². The van der Waals surface area contributed by atoms with Gasteiger partial charge < -0.3 is 10.1 Å². The van der Waals surface area contributed by atoms with E-state index in [4.69, 9.17) is 27.9 Å². The highest BCUT2D eigenvalue weighted by atomic mass is 79.9. The van der Waals surface area contributed by atoms with Crippen LogP contribution in [0.4, 0.5) is 10.5 Å². The molecule has 1 aliphatic rings. The van der Waals surface area contributed by atoms with E-state index in [1.807, 2.05) is 13.0 Å². The Morgan fingerprint density at radius 3 is 2.67 bits per heavy atom. The maximum absolute atomic E-state index is 13.0. The summed E-state index contributed by atoms with van der Waals surface area (Å²) in [4.78, 5) is 39.4. The van der Waals surface area contributed by atoms with Gasteiger partial charge in [0.2, 0.25) is 0 Å². The summed E-state index contributed by atoms with van der Waals surface area (Å²) in [7, 11) is 0. The molecule has 1 heterocycles. The minimum atomic E-state index is -0.412. The molecule has 0 bridgehead atoms. The number of thioether (sulfide) groups is 1. The molecule has 10 heteroatoms. The van der Waals surface area contributed by atoms with E-state index in [0.717, 1.165) is 27.4 Å². The molecule has 0 spiro atoms. The zero-order chi connectivity index (χ0) is 25.8. The number of nitrogens with one attached hydrogen (secondary N) is 1. The lowest BCUT2D eigenvalue weighted by atomic mass is 10.1. The number of hydrogen-bond acceptors (Lipinski definition) is 5. The number of hydrogen-bond donors (Lipinski definition) is 1. The number of carbonyl (C=O) groups excluding carboxylic acids is 3. The smallest absolute Gasteiger partial charge is 0.293 e. The van der Waals surface area contributed by atoms with Crippen LogP contribution in [0.25, 0.3) is 6.08 Å². The first-order valence-corrected chi connectivity index (χ1v) is 13.0. The van der Waals surface area contributed by atoms with Crippen molar-refractivity contribution in [3.8, 4) is 5.75 Å². The van der Waals surface area contributed by atoms with Gasteiger partial charge in [0.25, 0.3) is 17.1 Å². The van der Waals surface area contributed by atoms with Crippen molar-refractivity contribution < 1.29 is 19.1 Å². The van der Waals surface area contributed by atoms with Crippen LogP contribution < -0.4 is 10.1 Å². The van der Waals surface area contributed by atoms with Crippen molar-refractivity contribution in [2.45, 2.75) is 13.5 Å². The van der Waals surface area contributed by atoms with E-state index in [2.05, 4.69) is 21.2 Å². The number of carbonyl (C=O) groups is 3. The van der Waals surface area contributed by atoms with E-state index in [0.29, 0.717) is 27.0 Å². The van der Waals surface area contributed by atoms with Crippen molar-refractivity contribution in [1.82, 2.24) is 4.90 Å². The molecule has 1 saturated heterocycles. The van der Waals surface area contributed by atoms with Gasteiger partial charge in [-0.25, -0.2) is 0 Å². The van der Waals surface area contributed by atoms with Gasteiger partial charge in [-0.15, -0.1) is 0 Å². The minimum absolute atomic E-state index is 0.119. The first-order valence-electron chi connectivity index (χ1n) is 10.7. The zero-order valence-electron chi connectivity index (χ0n) is 18.9. The normalized spacial score (nSPS) is 14.4. The Labute approximate surface area is 230 Å². The second-order valence-electron chi connectivity index (χ2n) is 7.88. The highest BCUT2D eigenvalue weighted by molar-refractivity contribution is 9.10. The molecule has 0 unspecified atom stereocenters. The molecule has 36 heavy (non-hydrogen) atoms. The Morgan fingerprint density at radius 1 is 1.11 bits per heavy atom. The van der Waals surface area contributed by atoms with Crippen LogP contribution in [0.3, 0.4) is 0 Å². The monoisotopic (exact) mass is 604 g/mol. The number of ether oxygens (including phenoxy) is 1. The number of amides is 3. The average molecular weight is 606 g/mol. The molecule has 0 aromatic heterocycles. The maximum Gasteiger partial charge on any atom is 0.293 e. The van der Waals surface area contributed by atoms with Crippen LogP contribution in [0, 0.1) is 6.92 Å². The van der Waals surface area contributed by atoms with Gasteiger partial charge in [-0.2, -0.15) is 0 Å². The summed E-state index contributed by atoms with van der Waals surface area (Å²) in [6, 6.07) is 17.4. The first-order chi connectivity index (χ1) is 17.2. The summed E-state index contributed by atoms with van der Waals surface area (Å²) in [5.41, 5.74) is 2.76. The molecule has 4 rings (SSSR count). The Balaban J connectivity index is 1.47. The Hall–Kier alpha value is -2.78. The van der Waals surface area contributed by atoms with Crippen LogP contribution in [0.15, 0.2) is 70.0 Å². The molecule has 0 saturated carbocycles. The Morgan fingerprint density at radius 2 is 1.92 bits per heavy atom. The molecule has 6 nitrogen and oxygen atoms in total. The molecule has 3 amide bonds. The van der Waals surface area contributed by atoms with Crippen molar-refractivity contribution in [2.75, 3.05) is 11.9 Å². The molecular formula is C26H19BrCl2N2O4S. The van der Waals surface area contributed by atoms with E-state index in [9.17, 15) is 14.4 Å². The number of rotatable bonds is 7. The van der Waals surface area contributed by atoms with Gasteiger partial charge in [0.1, 0.15) is 5.75 Å². The summed E-state index contributed by atoms with van der Waals surface area (Å²) in [5.74, 6) is -0.396. The molecule has 184 valence electrons. The van der Waals surface area contributed by atoms with Gasteiger partial charge in [0, 0.05) is 25.8 Å². The van der Waals surface area contributed by atoms with Gasteiger partial charge in [-0.3, -0.25) is 19.3 Å². The lowest BCUT2D eigenvalue weighted by Gasteiger charge is -2.13. The fraction of sp³-hybridized carbons (Fsp3) is 0.115. The molecule has 1 fully saturated rings. The fourth-order valence-corrected chi connectivity index (χ4v) is 4.97. The third-order valence-corrected chi connectivity index (χ3v) is 7.22. The molecule has 1 aliphatic heterocycles. The van der Waals surface area contributed by atoms with Crippen LogP contribution in [0.2, 0.25) is 10.0 Å². The van der Waals surface area contributed by atoms with E-state index in [1.165, 1.54) is 4.90 Å². The SMILES string of the molecule is Cc1ccc(NC(=O)COc2ccc(Br)cc2/C=C2\SC(=O)N(Cc3cccc(Cl)c3)C2=O)cc1Cl. The largest absolute Gasteiger partial charge is 0.483 e. The second-order valence-corrected chi connectivity index (χ2v) is 10.6. The molecule has 0 radical (unpaired) electrons. The number of halogens is 3. The highest BCUT2D eigenvalue weighted by Crippen LogP contribution is 2.36. The predicted octanol–water partition coefficient (Wildman–Crippen LogP) is 7.32. The van der Waals surface area contributed by atoms with Gasteiger partial charge in [0.05, 0.1) is 11.4 Å². The highest BCUT2D eigenvalue weighted by Gasteiger charge is 2.35. The topological polar surface area (TPSA) is 75.7 Å². The second kappa shape index (κ2) is 11.5. The van der Waals surface area contributed by atoms with Crippen molar-refractivity contribution in [2.24, 2.45) is 0 Å². The summed E-state index contributed by atoms with van der Waals surface area (Å²) in [5, 5.41) is 3.44. The molecular weight excluding hydrogens is 587 g/mol. The summed E-state index contributed by atoms with van der Waals surface area (Å²) < 4.78 is 6.49. The first kappa shape index (κ1) is 26.3. The number of benzene rings is 3. The van der Waals surface area contributed by atoms with Gasteiger partial charge in [-0.1, -0.05) is 57.3 Å². The average Bonchev–Trinajstić information content (AvgIpc) is 3.08. The summed E-state index contributed by atoms with van der Waals surface area (Å²) >= 11 is 16.4. The number of imide groups is 1.